The molecule has 0 bridgehead atoms. The number of thiazole rings is 1. The van der Waals surface area contributed by atoms with Crippen molar-refractivity contribution in [2.75, 3.05) is 0 Å². The number of rotatable bonds is 1. The molecule has 2 aromatic heterocycles. The Bertz CT molecular complexity index is 415. The van der Waals surface area contributed by atoms with Gasteiger partial charge in [0.1, 0.15) is 4.83 Å². The summed E-state index contributed by atoms with van der Waals surface area (Å²) in [7, 11) is 0. The molecule has 0 aliphatic heterocycles. The van der Waals surface area contributed by atoms with Crippen LogP contribution in [0.25, 0.3) is 9.53 Å². The fraction of sp³-hybridized carbons (Fsp3) is 0.286. The van der Waals surface area contributed by atoms with E-state index >= 15 is 0 Å². The van der Waals surface area contributed by atoms with Gasteiger partial charge < -0.3 is 0 Å². The highest BCUT2D eigenvalue weighted by atomic mass is 32.1. The highest BCUT2D eigenvalue weighted by molar-refractivity contribution is 7.26. The predicted molar refractivity (Wildman–Crippen MR) is 47.4 cm³/mol. The molecule has 0 radical (unpaired) electrons. The van der Waals surface area contributed by atoms with E-state index < -0.39 is 12.3 Å². The molecule has 0 aliphatic rings. The van der Waals surface area contributed by atoms with E-state index in [9.17, 15) is 17.6 Å². The number of fused-ring (bicyclic) bond motifs is 1. The van der Waals surface area contributed by atoms with Crippen molar-refractivity contribution in [3.05, 3.63) is 16.5 Å². The van der Waals surface area contributed by atoms with E-state index in [2.05, 4.69) is 4.98 Å². The minimum absolute atomic E-state index is 0.327. The van der Waals surface area contributed by atoms with Crippen molar-refractivity contribution in [2.45, 2.75) is 12.3 Å². The van der Waals surface area contributed by atoms with Gasteiger partial charge in [-0.3, -0.25) is 0 Å². The molecule has 7 heteroatoms. The lowest BCUT2D eigenvalue weighted by atomic mass is 10.3. The van der Waals surface area contributed by atoms with Crippen LogP contribution in [0.1, 0.15) is 11.0 Å². The van der Waals surface area contributed by atoms with Gasteiger partial charge in [0, 0.05) is 0 Å². The Morgan fingerprint density at radius 1 is 1.36 bits per heavy atom. The third-order valence-electron chi connectivity index (χ3n) is 1.59. The zero-order chi connectivity index (χ0) is 10.3. The first-order chi connectivity index (χ1) is 6.48. The molecule has 1 unspecified atom stereocenters. The van der Waals surface area contributed by atoms with Crippen LogP contribution in [0.3, 0.4) is 0 Å². The van der Waals surface area contributed by atoms with Crippen molar-refractivity contribution in [1.82, 2.24) is 4.98 Å². The third-order valence-corrected chi connectivity index (χ3v) is 3.57. The van der Waals surface area contributed by atoms with Gasteiger partial charge in [-0.15, -0.1) is 22.7 Å². The van der Waals surface area contributed by atoms with Gasteiger partial charge in [0.15, 0.2) is 0 Å². The van der Waals surface area contributed by atoms with Gasteiger partial charge in [-0.1, -0.05) is 0 Å². The van der Waals surface area contributed by atoms with Crippen LogP contribution in [0.2, 0.25) is 0 Å². The van der Waals surface area contributed by atoms with Gasteiger partial charge >= 0.3 is 6.18 Å². The Labute approximate surface area is 84.0 Å². The topological polar surface area (TPSA) is 12.9 Å². The lowest BCUT2D eigenvalue weighted by Gasteiger charge is -2.09. The van der Waals surface area contributed by atoms with E-state index in [1.807, 2.05) is 0 Å². The summed E-state index contributed by atoms with van der Waals surface area (Å²) in [5.41, 5.74) is 1.52. The predicted octanol–water partition coefficient (Wildman–Crippen LogP) is 3.93. The molecule has 0 N–H and O–H groups in total. The normalized spacial score (nSPS) is 14.9. The molecule has 0 aliphatic carbocycles. The van der Waals surface area contributed by atoms with Crippen LogP contribution in [-0.4, -0.2) is 11.2 Å². The van der Waals surface area contributed by atoms with E-state index in [0.29, 0.717) is 9.53 Å². The number of aromatic nitrogens is 1. The van der Waals surface area contributed by atoms with Crippen LogP contribution in [0.4, 0.5) is 17.6 Å². The van der Waals surface area contributed by atoms with Crippen molar-refractivity contribution in [3.63, 3.8) is 0 Å². The maximum absolute atomic E-state index is 12.8. The van der Waals surface area contributed by atoms with E-state index in [4.69, 9.17) is 0 Å². The molecule has 2 rings (SSSR count). The maximum Gasteiger partial charge on any atom is 0.424 e. The molecular weight excluding hydrogens is 238 g/mol. The zero-order valence-corrected chi connectivity index (χ0v) is 8.14. The average Bonchev–Trinajstić information content (AvgIpc) is 2.58. The molecule has 2 aromatic rings. The molecule has 76 valence electrons. The number of hydrogen-bond acceptors (Lipinski definition) is 3. The van der Waals surface area contributed by atoms with Crippen molar-refractivity contribution < 1.29 is 17.6 Å². The van der Waals surface area contributed by atoms with Gasteiger partial charge in [0.2, 0.25) is 6.17 Å². The van der Waals surface area contributed by atoms with Gasteiger partial charge in [-0.25, -0.2) is 9.37 Å². The van der Waals surface area contributed by atoms with Crippen LogP contribution in [0.5, 0.6) is 0 Å². The Morgan fingerprint density at radius 3 is 2.64 bits per heavy atom. The Morgan fingerprint density at radius 2 is 2.07 bits per heavy atom. The van der Waals surface area contributed by atoms with E-state index in [1.54, 1.807) is 0 Å². The molecule has 0 saturated carbocycles. The van der Waals surface area contributed by atoms with E-state index in [1.165, 1.54) is 22.9 Å². The first-order valence-corrected chi connectivity index (χ1v) is 5.22. The summed E-state index contributed by atoms with van der Waals surface area (Å²) in [5, 5.41) is 0. The first kappa shape index (κ1) is 9.85. The molecule has 0 fully saturated rings. The molecular formula is C7H3F4NS2. The number of thiophene rings is 1. The molecule has 0 spiro atoms. The minimum Gasteiger partial charge on any atom is -0.234 e. The van der Waals surface area contributed by atoms with Crippen molar-refractivity contribution in [2.24, 2.45) is 0 Å². The van der Waals surface area contributed by atoms with Crippen molar-refractivity contribution in [1.29, 1.82) is 0 Å². The second-order valence-electron chi connectivity index (χ2n) is 2.57. The number of alkyl halides is 4. The Hall–Kier alpha value is -0.690. The second-order valence-corrected chi connectivity index (χ2v) is 4.52. The zero-order valence-electron chi connectivity index (χ0n) is 6.51. The second kappa shape index (κ2) is 3.16. The minimum atomic E-state index is -4.83. The standard InChI is InChI=1S/C7H3F4NS2/c8-5(7(9,10)11)3-1-4-6(14-3)12-2-13-4/h1-2,5H. The van der Waals surface area contributed by atoms with Crippen LogP contribution >= 0.6 is 22.7 Å². The quantitative estimate of drug-likeness (QED) is 0.689. The SMILES string of the molecule is FC(c1cc2scnc2s1)C(F)(F)F. The lowest BCUT2D eigenvalue weighted by Crippen LogP contribution is -2.15. The molecule has 14 heavy (non-hydrogen) atoms. The maximum atomic E-state index is 12.8. The summed E-state index contributed by atoms with van der Waals surface area (Å²) < 4.78 is 49.4. The summed E-state index contributed by atoms with van der Waals surface area (Å²) in [6.45, 7) is 0. The fourth-order valence-electron chi connectivity index (χ4n) is 0.974. The molecule has 0 aromatic carbocycles. The number of nitrogens with zero attached hydrogens (tertiary/aromatic N) is 1. The number of halogens is 4. The molecule has 0 saturated heterocycles. The Balaban J connectivity index is 2.40. The van der Waals surface area contributed by atoms with Gasteiger partial charge in [0.05, 0.1) is 15.1 Å². The van der Waals surface area contributed by atoms with Crippen molar-refractivity contribution in [3.8, 4) is 0 Å². The van der Waals surface area contributed by atoms with Crippen molar-refractivity contribution >= 4 is 32.2 Å². The summed E-state index contributed by atoms with van der Waals surface area (Å²) in [5.74, 6) is 0. The average molecular weight is 241 g/mol. The van der Waals surface area contributed by atoms with Crippen LogP contribution in [-0.2, 0) is 0 Å². The van der Waals surface area contributed by atoms with Gasteiger partial charge in [-0.05, 0) is 6.07 Å². The van der Waals surface area contributed by atoms with Crippen LogP contribution in [0.15, 0.2) is 11.6 Å². The fourth-order valence-corrected chi connectivity index (χ4v) is 2.91. The van der Waals surface area contributed by atoms with Crippen LogP contribution < -0.4 is 0 Å². The smallest absolute Gasteiger partial charge is 0.234 e. The van der Waals surface area contributed by atoms with Crippen LogP contribution in [0, 0.1) is 0 Å². The monoisotopic (exact) mass is 241 g/mol. The third kappa shape index (κ3) is 1.61. The van der Waals surface area contributed by atoms with E-state index in [-0.39, 0.29) is 4.88 Å². The largest absolute Gasteiger partial charge is 0.424 e. The molecule has 2 heterocycles. The molecule has 1 nitrogen and oxygen atoms in total. The number of hydrogen-bond donors (Lipinski definition) is 0. The summed E-state index contributed by atoms with van der Waals surface area (Å²) in [6, 6.07) is 1.20. The Kier molecular flexibility index (Phi) is 2.23. The summed E-state index contributed by atoms with van der Waals surface area (Å²) in [6.07, 6.45) is -7.72. The summed E-state index contributed by atoms with van der Waals surface area (Å²) in [4.78, 5) is 3.94. The van der Waals surface area contributed by atoms with E-state index in [0.717, 1.165) is 11.3 Å². The first-order valence-electron chi connectivity index (χ1n) is 3.52. The van der Waals surface area contributed by atoms with Gasteiger partial charge in [0.25, 0.3) is 0 Å². The summed E-state index contributed by atoms with van der Waals surface area (Å²) >= 11 is 1.94. The lowest BCUT2D eigenvalue weighted by molar-refractivity contribution is -0.181. The van der Waals surface area contributed by atoms with Gasteiger partial charge in [-0.2, -0.15) is 13.2 Å². The highest BCUT2D eigenvalue weighted by Crippen LogP contribution is 2.41. The molecule has 0 amide bonds. The highest BCUT2D eigenvalue weighted by Gasteiger charge is 2.42. The molecule has 1 atom stereocenters.